The molecule has 12 heavy (non-hydrogen) atoms. The van der Waals surface area contributed by atoms with E-state index in [-0.39, 0.29) is 6.42 Å². The summed E-state index contributed by atoms with van der Waals surface area (Å²) in [5.74, 6) is -0.786. The van der Waals surface area contributed by atoms with Gasteiger partial charge in [-0.3, -0.25) is 4.79 Å². The van der Waals surface area contributed by atoms with Gasteiger partial charge in [-0.2, -0.15) is 0 Å². The van der Waals surface area contributed by atoms with Gasteiger partial charge in [0.15, 0.2) is 0 Å². The van der Waals surface area contributed by atoms with Crippen molar-refractivity contribution in [2.24, 2.45) is 0 Å². The first kappa shape index (κ1) is 10.8. The molecule has 0 aliphatic rings. The highest BCUT2D eigenvalue weighted by Crippen LogP contribution is 1.98. The molecule has 0 heterocycles. The Balaban J connectivity index is 0.000000561. The molecule has 0 atom stereocenters. The quantitative estimate of drug-likeness (QED) is 0.669. The fourth-order valence-corrected chi connectivity index (χ4v) is 0.770. The fourth-order valence-electron chi connectivity index (χ4n) is 0.770. The molecule has 2 radical (unpaired) electrons. The molecule has 0 fully saturated rings. The summed E-state index contributed by atoms with van der Waals surface area (Å²) < 4.78 is 0. The van der Waals surface area contributed by atoms with Gasteiger partial charge < -0.3 is 5.11 Å². The molecule has 1 aromatic carbocycles. The van der Waals surface area contributed by atoms with Gasteiger partial charge in [0.05, 0.1) is 14.3 Å². The van der Waals surface area contributed by atoms with Crippen LogP contribution in [0.25, 0.3) is 0 Å². The van der Waals surface area contributed by atoms with Gasteiger partial charge in [-0.05, 0) is 5.56 Å². The highest BCUT2D eigenvalue weighted by Gasteiger charge is 1.96. The topological polar surface area (TPSA) is 37.3 Å². The average Bonchev–Trinajstić information content (AvgIpc) is 2.08. The van der Waals surface area contributed by atoms with Crippen LogP contribution in [0, 0.1) is 0 Å². The van der Waals surface area contributed by atoms with E-state index in [0.717, 1.165) is 5.56 Å². The van der Waals surface area contributed by atoms with Crippen molar-refractivity contribution in [1.29, 1.82) is 0 Å². The maximum Gasteiger partial charge on any atom is 0.307 e. The highest BCUT2D eigenvalue weighted by molar-refractivity contribution is 6.05. The molecule has 0 amide bonds. The highest BCUT2D eigenvalue weighted by atomic mass is 16.4. The molecule has 3 heteroatoms. The van der Waals surface area contributed by atoms with Gasteiger partial charge in [0.2, 0.25) is 0 Å². The molecule has 0 bridgehead atoms. The summed E-state index contributed by atoms with van der Waals surface area (Å²) in [6, 6.07) is 9.13. The van der Waals surface area contributed by atoms with Crippen molar-refractivity contribution in [2.45, 2.75) is 13.2 Å². The second-order valence-electron chi connectivity index (χ2n) is 2.06. The number of hydrogen-bond acceptors (Lipinski definition) is 1. The van der Waals surface area contributed by atoms with E-state index in [1.165, 1.54) is 6.82 Å². The number of carbonyl (C=O) groups is 1. The van der Waals surface area contributed by atoms with Crippen LogP contribution in [-0.2, 0) is 11.2 Å². The summed E-state index contributed by atoms with van der Waals surface area (Å²) in [5.41, 5.74) is 0.843. The van der Waals surface area contributed by atoms with Crippen LogP contribution in [0.4, 0.5) is 0 Å². The Hall–Kier alpha value is -1.25. The third kappa shape index (κ3) is 4.55. The van der Waals surface area contributed by atoms with Gasteiger partial charge in [-0.15, -0.1) is 0 Å². The van der Waals surface area contributed by atoms with Crippen LogP contribution in [0.1, 0.15) is 5.56 Å². The van der Waals surface area contributed by atoms with Gasteiger partial charge in [-0.1, -0.05) is 37.2 Å². The fraction of sp³-hybridized carbons (Fsp3) is 0.222. The summed E-state index contributed by atoms with van der Waals surface area (Å²) in [7, 11) is 4.50. The summed E-state index contributed by atoms with van der Waals surface area (Å²) in [6.07, 6.45) is 0.112. The SMILES string of the molecule is O=C(O)Cc1ccccc1.[B]C. The lowest BCUT2D eigenvalue weighted by Gasteiger charge is -1.92. The van der Waals surface area contributed by atoms with Crippen LogP contribution < -0.4 is 0 Å². The Morgan fingerprint density at radius 1 is 1.33 bits per heavy atom. The van der Waals surface area contributed by atoms with Gasteiger partial charge in [-0.25, -0.2) is 0 Å². The molecule has 0 aliphatic heterocycles. The minimum Gasteiger partial charge on any atom is -0.481 e. The number of benzene rings is 1. The van der Waals surface area contributed by atoms with E-state index in [9.17, 15) is 4.79 Å². The molecule has 0 unspecified atom stereocenters. The third-order valence-corrected chi connectivity index (χ3v) is 1.20. The maximum absolute atomic E-state index is 10.2. The van der Waals surface area contributed by atoms with Gasteiger partial charge in [0, 0.05) is 0 Å². The summed E-state index contributed by atoms with van der Waals surface area (Å²) in [6.45, 7) is 1.50. The van der Waals surface area contributed by atoms with Crippen LogP contribution in [0.15, 0.2) is 30.3 Å². The zero-order chi connectivity index (χ0) is 9.40. The van der Waals surface area contributed by atoms with Crippen LogP contribution in [0.3, 0.4) is 0 Å². The number of carboxylic acid groups (broad SMARTS) is 1. The molecule has 0 saturated heterocycles. The van der Waals surface area contributed by atoms with Crippen molar-refractivity contribution in [3.05, 3.63) is 35.9 Å². The molecule has 1 rings (SSSR count). The molecule has 1 aromatic rings. The van der Waals surface area contributed by atoms with Crippen LogP contribution in [-0.4, -0.2) is 18.9 Å². The minimum absolute atomic E-state index is 0.112. The Morgan fingerprint density at radius 3 is 2.25 bits per heavy atom. The molecular formula is C9H11BO2. The van der Waals surface area contributed by atoms with Crippen molar-refractivity contribution in [2.75, 3.05) is 0 Å². The first-order valence-corrected chi connectivity index (χ1v) is 3.62. The predicted molar refractivity (Wildman–Crippen MR) is 49.4 cm³/mol. The Morgan fingerprint density at radius 2 is 1.83 bits per heavy atom. The predicted octanol–water partition coefficient (Wildman–Crippen LogP) is 1.52. The summed E-state index contributed by atoms with van der Waals surface area (Å²) >= 11 is 0. The minimum atomic E-state index is -0.786. The van der Waals surface area contributed by atoms with Crippen LogP contribution in [0.5, 0.6) is 0 Å². The molecule has 0 saturated carbocycles. The zero-order valence-electron chi connectivity index (χ0n) is 7.03. The number of hydrogen-bond donors (Lipinski definition) is 1. The number of aliphatic carboxylic acids is 1. The Labute approximate surface area is 73.6 Å². The largest absolute Gasteiger partial charge is 0.481 e. The van der Waals surface area contributed by atoms with Crippen molar-refractivity contribution in [3.63, 3.8) is 0 Å². The van der Waals surface area contributed by atoms with Crippen LogP contribution >= 0.6 is 0 Å². The molecular weight excluding hydrogens is 151 g/mol. The second kappa shape index (κ2) is 6.46. The van der Waals surface area contributed by atoms with E-state index in [2.05, 4.69) is 7.85 Å². The maximum atomic E-state index is 10.2. The lowest BCUT2D eigenvalue weighted by atomic mass is 10.2. The van der Waals surface area contributed by atoms with Gasteiger partial charge in [0.1, 0.15) is 0 Å². The summed E-state index contributed by atoms with van der Waals surface area (Å²) in [5, 5.41) is 8.37. The molecule has 62 valence electrons. The van der Waals surface area contributed by atoms with E-state index in [4.69, 9.17) is 5.11 Å². The van der Waals surface area contributed by atoms with Crippen molar-refractivity contribution < 1.29 is 9.90 Å². The summed E-state index contributed by atoms with van der Waals surface area (Å²) in [4.78, 5) is 10.2. The number of rotatable bonds is 2. The van der Waals surface area contributed by atoms with E-state index in [1.807, 2.05) is 18.2 Å². The molecule has 1 N–H and O–H groups in total. The van der Waals surface area contributed by atoms with E-state index >= 15 is 0 Å². The normalized spacial score (nSPS) is 8.08. The monoisotopic (exact) mass is 162 g/mol. The van der Waals surface area contributed by atoms with Gasteiger partial charge in [0.25, 0.3) is 0 Å². The van der Waals surface area contributed by atoms with Gasteiger partial charge >= 0.3 is 5.97 Å². The van der Waals surface area contributed by atoms with Crippen molar-refractivity contribution in [3.8, 4) is 0 Å². The van der Waals surface area contributed by atoms with E-state index in [0.29, 0.717) is 0 Å². The Bertz CT molecular complexity index is 221. The van der Waals surface area contributed by atoms with Crippen molar-refractivity contribution in [1.82, 2.24) is 0 Å². The van der Waals surface area contributed by atoms with E-state index in [1.54, 1.807) is 12.1 Å². The molecule has 2 nitrogen and oxygen atoms in total. The average molecular weight is 162 g/mol. The first-order chi connectivity index (χ1) is 5.79. The second-order valence-corrected chi connectivity index (χ2v) is 2.06. The smallest absolute Gasteiger partial charge is 0.307 e. The van der Waals surface area contributed by atoms with E-state index < -0.39 is 5.97 Å². The lowest BCUT2D eigenvalue weighted by molar-refractivity contribution is -0.136. The third-order valence-electron chi connectivity index (χ3n) is 1.20. The standard InChI is InChI=1S/C8H8O2.CH3B/c9-8(10)6-7-4-2-1-3-5-7;1-2/h1-5H,6H2,(H,9,10);1H3. The lowest BCUT2D eigenvalue weighted by Crippen LogP contribution is -1.98. The molecule has 0 aromatic heterocycles. The van der Waals surface area contributed by atoms with Crippen LogP contribution in [0.2, 0.25) is 6.82 Å². The first-order valence-electron chi connectivity index (χ1n) is 3.62. The Kier molecular flexibility index (Phi) is 5.79. The van der Waals surface area contributed by atoms with Crippen molar-refractivity contribution >= 4 is 13.8 Å². The molecule has 0 aliphatic carbocycles. The zero-order valence-corrected chi connectivity index (χ0v) is 7.03. The molecule has 0 spiro atoms. The number of carboxylic acids is 1.